The molecular formula is C28H16F2N4. The number of nitrogens with zero attached hydrogens (tertiary/aromatic N) is 4. The minimum absolute atomic E-state index is 0.239. The van der Waals surface area contributed by atoms with E-state index in [0.717, 1.165) is 0 Å². The van der Waals surface area contributed by atoms with Crippen molar-refractivity contribution in [2.75, 3.05) is 0 Å². The van der Waals surface area contributed by atoms with Crippen molar-refractivity contribution in [3.63, 3.8) is 0 Å². The monoisotopic (exact) mass is 446 g/mol. The first-order valence-electron chi connectivity index (χ1n) is 10.1. The Kier molecular flexibility index (Phi) is 6.98. The van der Waals surface area contributed by atoms with Crippen LogP contribution >= 0.6 is 0 Å². The van der Waals surface area contributed by atoms with E-state index in [1.165, 1.54) is 24.3 Å². The van der Waals surface area contributed by atoms with Crippen molar-refractivity contribution in [2.24, 2.45) is 0 Å². The molecule has 0 atom stereocenters. The summed E-state index contributed by atoms with van der Waals surface area (Å²) >= 11 is 0. The second-order valence-electron chi connectivity index (χ2n) is 7.30. The molecule has 6 heteroatoms. The van der Waals surface area contributed by atoms with Crippen molar-refractivity contribution in [1.82, 2.24) is 0 Å². The Balaban J connectivity index is 2.36. The summed E-state index contributed by atoms with van der Waals surface area (Å²) in [5.74, 6) is -1.74. The van der Waals surface area contributed by atoms with Gasteiger partial charge in [-0.3, -0.25) is 0 Å². The maximum atomic E-state index is 14.3. The summed E-state index contributed by atoms with van der Waals surface area (Å²) in [5.41, 5.74) is 2.74. The zero-order valence-corrected chi connectivity index (χ0v) is 18.3. The maximum absolute atomic E-state index is 14.3. The van der Waals surface area contributed by atoms with E-state index in [-0.39, 0.29) is 22.3 Å². The van der Waals surface area contributed by atoms with Crippen molar-refractivity contribution in [3.8, 4) is 35.4 Å². The Morgan fingerprint density at radius 1 is 0.765 bits per heavy atom. The molecule has 0 aliphatic heterocycles. The van der Waals surface area contributed by atoms with Crippen LogP contribution in [0, 0.1) is 57.0 Å². The van der Waals surface area contributed by atoms with E-state index in [1.54, 1.807) is 43.3 Å². The number of benzene rings is 3. The number of halogens is 2. The molecule has 4 nitrogen and oxygen atoms in total. The number of rotatable bonds is 4. The molecule has 0 N–H and O–H groups in total. The van der Waals surface area contributed by atoms with Gasteiger partial charge in [0.05, 0.1) is 22.3 Å². The fourth-order valence-corrected chi connectivity index (χ4v) is 3.66. The van der Waals surface area contributed by atoms with E-state index < -0.39 is 11.6 Å². The third kappa shape index (κ3) is 4.31. The molecule has 0 saturated carbocycles. The lowest BCUT2D eigenvalue weighted by Gasteiger charge is -2.16. The van der Waals surface area contributed by atoms with Gasteiger partial charge in [0.15, 0.2) is 11.6 Å². The summed E-state index contributed by atoms with van der Waals surface area (Å²) in [5, 5.41) is 37.3. The molecule has 0 fully saturated rings. The number of hydrogen-bond acceptors (Lipinski definition) is 4. The van der Waals surface area contributed by atoms with Gasteiger partial charge >= 0.3 is 0 Å². The lowest BCUT2D eigenvalue weighted by molar-refractivity contribution is 0.619. The summed E-state index contributed by atoms with van der Waals surface area (Å²) in [6, 6.07) is 19.9. The molecule has 3 rings (SSSR count). The highest BCUT2D eigenvalue weighted by molar-refractivity contribution is 5.99. The third-order valence-corrected chi connectivity index (χ3v) is 5.33. The zero-order valence-electron chi connectivity index (χ0n) is 18.3. The standard InChI is InChI=1S/C28H16F2N4/c1-3-6-24(17(2)18-9-20(13-31)27(29)21(10-18)14-32)26-8-5-4-7-25(26)19-11-22(15-33)28(30)23(12-19)16-34/h3-12H,1-2H3/b6-3-,24-17-. The van der Waals surface area contributed by atoms with Gasteiger partial charge < -0.3 is 0 Å². The molecule has 162 valence electrons. The summed E-state index contributed by atoms with van der Waals surface area (Å²) in [4.78, 5) is 0. The highest BCUT2D eigenvalue weighted by Gasteiger charge is 2.17. The van der Waals surface area contributed by atoms with Crippen LogP contribution in [0.3, 0.4) is 0 Å². The molecule has 0 aromatic heterocycles. The molecule has 0 amide bonds. The fourth-order valence-electron chi connectivity index (χ4n) is 3.66. The average Bonchev–Trinajstić information content (AvgIpc) is 2.87. The average molecular weight is 446 g/mol. The van der Waals surface area contributed by atoms with Crippen molar-refractivity contribution < 1.29 is 8.78 Å². The Hall–Kier alpha value is -5.04. The molecule has 34 heavy (non-hydrogen) atoms. The highest BCUT2D eigenvalue weighted by Crippen LogP contribution is 2.36. The van der Waals surface area contributed by atoms with Crippen LogP contribution in [-0.2, 0) is 0 Å². The van der Waals surface area contributed by atoms with E-state index in [9.17, 15) is 29.8 Å². The van der Waals surface area contributed by atoms with Gasteiger partial charge in [0.1, 0.15) is 24.3 Å². The quantitative estimate of drug-likeness (QED) is 0.332. The van der Waals surface area contributed by atoms with Gasteiger partial charge in [-0.1, -0.05) is 36.4 Å². The predicted octanol–water partition coefficient (Wildman–Crippen LogP) is 6.63. The Bertz CT molecular complexity index is 1460. The molecule has 0 aliphatic carbocycles. The first kappa shape index (κ1) is 23.6. The van der Waals surface area contributed by atoms with Crippen molar-refractivity contribution in [2.45, 2.75) is 13.8 Å². The topological polar surface area (TPSA) is 95.2 Å². The highest BCUT2D eigenvalue weighted by atomic mass is 19.1. The zero-order chi connectivity index (χ0) is 24.8. The largest absolute Gasteiger partial charge is 0.204 e. The van der Waals surface area contributed by atoms with Gasteiger partial charge in [0.25, 0.3) is 0 Å². The van der Waals surface area contributed by atoms with Gasteiger partial charge in [0.2, 0.25) is 0 Å². The van der Waals surface area contributed by atoms with Crippen LogP contribution < -0.4 is 0 Å². The summed E-state index contributed by atoms with van der Waals surface area (Å²) in [7, 11) is 0. The van der Waals surface area contributed by atoms with Gasteiger partial charge in [-0.2, -0.15) is 21.0 Å². The Morgan fingerprint density at radius 3 is 1.71 bits per heavy atom. The van der Waals surface area contributed by atoms with E-state index >= 15 is 0 Å². The molecule has 0 saturated heterocycles. The molecule has 0 aliphatic rings. The van der Waals surface area contributed by atoms with Crippen LogP contribution in [0.25, 0.3) is 22.3 Å². The lowest BCUT2D eigenvalue weighted by Crippen LogP contribution is -1.97. The second-order valence-corrected chi connectivity index (χ2v) is 7.30. The van der Waals surface area contributed by atoms with E-state index in [2.05, 4.69) is 0 Å². The number of allylic oxidation sites excluding steroid dienone is 4. The first-order chi connectivity index (χ1) is 16.4. The first-order valence-corrected chi connectivity index (χ1v) is 10.1. The second kappa shape index (κ2) is 10.1. The van der Waals surface area contributed by atoms with Crippen LogP contribution in [0.5, 0.6) is 0 Å². The van der Waals surface area contributed by atoms with Gasteiger partial charge in [-0.05, 0) is 71.5 Å². The molecular weight excluding hydrogens is 430 g/mol. The third-order valence-electron chi connectivity index (χ3n) is 5.33. The van der Waals surface area contributed by atoms with E-state index in [1.807, 2.05) is 31.2 Å². The number of hydrogen-bond donors (Lipinski definition) is 0. The van der Waals surface area contributed by atoms with Crippen LogP contribution in [0.2, 0.25) is 0 Å². The lowest BCUT2D eigenvalue weighted by atomic mass is 9.88. The summed E-state index contributed by atoms with van der Waals surface area (Å²) in [6.45, 7) is 3.61. The molecule has 0 heterocycles. The van der Waals surface area contributed by atoms with Crippen LogP contribution in [-0.4, -0.2) is 0 Å². The Morgan fingerprint density at radius 2 is 1.24 bits per heavy atom. The van der Waals surface area contributed by atoms with Gasteiger partial charge in [0, 0.05) is 0 Å². The smallest absolute Gasteiger partial charge is 0.158 e. The van der Waals surface area contributed by atoms with E-state index in [4.69, 9.17) is 0 Å². The van der Waals surface area contributed by atoms with Crippen LogP contribution in [0.4, 0.5) is 8.78 Å². The normalized spacial score (nSPS) is 11.2. The molecule has 0 unspecified atom stereocenters. The van der Waals surface area contributed by atoms with Gasteiger partial charge in [-0.25, -0.2) is 8.78 Å². The molecule has 0 spiro atoms. The summed E-state index contributed by atoms with van der Waals surface area (Å²) < 4.78 is 28.6. The fraction of sp³-hybridized carbons (Fsp3) is 0.0714. The van der Waals surface area contributed by atoms with Gasteiger partial charge in [-0.15, -0.1) is 0 Å². The van der Waals surface area contributed by atoms with Crippen molar-refractivity contribution in [3.05, 3.63) is 106 Å². The minimum atomic E-state index is -0.869. The Labute approximate surface area is 196 Å². The van der Waals surface area contributed by atoms with Crippen molar-refractivity contribution >= 4 is 11.1 Å². The molecule has 3 aromatic rings. The van der Waals surface area contributed by atoms with Crippen LogP contribution in [0.15, 0.2) is 60.7 Å². The minimum Gasteiger partial charge on any atom is -0.204 e. The summed E-state index contributed by atoms with van der Waals surface area (Å²) in [6.07, 6.45) is 3.64. The SMILES string of the molecule is C/C=C\C(=C(/C)c1cc(C#N)c(F)c(C#N)c1)c1ccccc1-c1cc(C#N)c(F)c(C#N)c1. The van der Waals surface area contributed by atoms with Crippen molar-refractivity contribution in [1.29, 1.82) is 21.0 Å². The molecule has 3 aromatic carbocycles. The predicted molar refractivity (Wildman–Crippen MR) is 124 cm³/mol. The molecule has 0 radical (unpaired) electrons. The maximum Gasteiger partial charge on any atom is 0.158 e. The molecule has 0 bridgehead atoms. The van der Waals surface area contributed by atoms with Crippen LogP contribution in [0.1, 0.15) is 47.2 Å². The van der Waals surface area contributed by atoms with E-state index in [0.29, 0.717) is 33.4 Å². The number of nitriles is 4.